The molecular weight excluding hydrogens is 292 g/mol. The molecule has 0 unspecified atom stereocenters. The highest BCUT2D eigenvalue weighted by atomic mass is 16.6. The number of ether oxygens (including phenoxy) is 3. The molecule has 1 aliphatic rings. The Bertz CT molecular complexity index is 641. The molecular formula is C19H24O4. The number of Topliss-reactive ketones (excluding diaryl/α,β-unsaturated/α-hetero) is 1. The normalized spacial score (nSPS) is 14.5. The molecule has 124 valence electrons. The molecule has 0 aliphatic carbocycles. The Morgan fingerprint density at radius 2 is 1.70 bits per heavy atom. The molecule has 0 amide bonds. The van der Waals surface area contributed by atoms with E-state index in [1.54, 1.807) is 24.3 Å². The Labute approximate surface area is 137 Å². The summed E-state index contributed by atoms with van der Waals surface area (Å²) >= 11 is 0. The molecule has 1 heterocycles. The van der Waals surface area contributed by atoms with E-state index in [-0.39, 0.29) is 5.78 Å². The third-order valence-corrected chi connectivity index (χ3v) is 3.67. The van der Waals surface area contributed by atoms with Crippen molar-refractivity contribution in [3.05, 3.63) is 43.0 Å². The van der Waals surface area contributed by atoms with Crippen molar-refractivity contribution in [3.63, 3.8) is 0 Å². The van der Waals surface area contributed by atoms with Gasteiger partial charge in [-0.05, 0) is 52.0 Å². The minimum Gasteiger partial charge on any atom is -0.488 e. The van der Waals surface area contributed by atoms with E-state index < -0.39 is 11.2 Å². The highest BCUT2D eigenvalue weighted by Gasteiger charge is 2.30. The quantitative estimate of drug-likeness (QED) is 0.732. The topological polar surface area (TPSA) is 44.8 Å². The number of hydrogen-bond acceptors (Lipinski definition) is 4. The van der Waals surface area contributed by atoms with Crippen molar-refractivity contribution >= 4 is 5.78 Å². The Kier molecular flexibility index (Phi) is 4.55. The van der Waals surface area contributed by atoms with E-state index in [2.05, 4.69) is 13.2 Å². The van der Waals surface area contributed by atoms with Crippen molar-refractivity contribution < 1.29 is 19.0 Å². The summed E-state index contributed by atoms with van der Waals surface area (Å²) in [6.07, 6.45) is 3.77. The lowest BCUT2D eigenvalue weighted by Gasteiger charge is -2.30. The molecule has 4 nitrogen and oxygen atoms in total. The first-order chi connectivity index (χ1) is 10.7. The highest BCUT2D eigenvalue weighted by Crippen LogP contribution is 2.45. The number of carbonyl (C=O) groups excluding carboxylic acids is 1. The van der Waals surface area contributed by atoms with Crippen LogP contribution in [0.25, 0.3) is 0 Å². The van der Waals surface area contributed by atoms with Gasteiger partial charge in [0.15, 0.2) is 17.3 Å². The molecule has 0 N–H and O–H groups in total. The van der Waals surface area contributed by atoms with Crippen molar-refractivity contribution in [3.8, 4) is 17.2 Å². The van der Waals surface area contributed by atoms with Gasteiger partial charge in [-0.25, -0.2) is 0 Å². The van der Waals surface area contributed by atoms with Crippen molar-refractivity contribution in [2.45, 2.75) is 45.3 Å². The summed E-state index contributed by atoms with van der Waals surface area (Å²) in [4.78, 5) is 12.1. The summed E-state index contributed by atoms with van der Waals surface area (Å²) in [5.74, 6) is 1.42. The minimum absolute atomic E-state index is 0.0436. The summed E-state index contributed by atoms with van der Waals surface area (Å²) in [6, 6.07) is 3.46. The lowest BCUT2D eigenvalue weighted by Crippen LogP contribution is -2.29. The summed E-state index contributed by atoms with van der Waals surface area (Å²) in [7, 11) is 0. The molecule has 0 saturated heterocycles. The molecule has 0 fully saturated rings. The Morgan fingerprint density at radius 1 is 1.09 bits per heavy atom. The maximum absolute atomic E-state index is 12.1. The lowest BCUT2D eigenvalue weighted by molar-refractivity contribution is 0.0907. The molecule has 0 aromatic heterocycles. The average molecular weight is 316 g/mol. The van der Waals surface area contributed by atoms with E-state index in [0.29, 0.717) is 35.8 Å². The van der Waals surface area contributed by atoms with Crippen LogP contribution in [0.2, 0.25) is 0 Å². The SMILES string of the molecule is C=CC(C)(C)Oc1ccc2c(c1OC(C)(C)C=C)OCCC2=O. The zero-order valence-corrected chi connectivity index (χ0v) is 14.3. The summed E-state index contributed by atoms with van der Waals surface area (Å²) in [6.45, 7) is 15.5. The van der Waals surface area contributed by atoms with Gasteiger partial charge in [0.2, 0.25) is 5.75 Å². The fourth-order valence-electron chi connectivity index (χ4n) is 2.09. The average Bonchev–Trinajstić information content (AvgIpc) is 2.50. The fraction of sp³-hybridized carbons (Fsp3) is 0.421. The molecule has 0 bridgehead atoms. The number of benzene rings is 1. The predicted molar refractivity (Wildman–Crippen MR) is 90.7 cm³/mol. The Balaban J connectivity index is 2.56. The maximum Gasteiger partial charge on any atom is 0.205 e. The molecule has 2 rings (SSSR count). The largest absolute Gasteiger partial charge is 0.488 e. The van der Waals surface area contributed by atoms with Crippen LogP contribution < -0.4 is 14.2 Å². The minimum atomic E-state index is -0.630. The van der Waals surface area contributed by atoms with Crippen LogP contribution >= 0.6 is 0 Å². The molecule has 4 heteroatoms. The van der Waals surface area contributed by atoms with Gasteiger partial charge in [0, 0.05) is 6.42 Å². The molecule has 0 radical (unpaired) electrons. The van der Waals surface area contributed by atoms with Gasteiger partial charge in [0.25, 0.3) is 0 Å². The Hall–Kier alpha value is -2.23. The van der Waals surface area contributed by atoms with Gasteiger partial charge in [-0.2, -0.15) is 0 Å². The smallest absolute Gasteiger partial charge is 0.205 e. The molecule has 0 atom stereocenters. The lowest BCUT2D eigenvalue weighted by atomic mass is 10.0. The first kappa shape index (κ1) is 17.1. The van der Waals surface area contributed by atoms with Gasteiger partial charge in [-0.3, -0.25) is 4.79 Å². The van der Waals surface area contributed by atoms with Crippen LogP contribution in [0.4, 0.5) is 0 Å². The highest BCUT2D eigenvalue weighted by molar-refractivity contribution is 6.00. The second-order valence-corrected chi connectivity index (χ2v) is 6.61. The van der Waals surface area contributed by atoms with Gasteiger partial charge in [0.1, 0.15) is 11.2 Å². The van der Waals surface area contributed by atoms with E-state index in [1.807, 2.05) is 27.7 Å². The third-order valence-electron chi connectivity index (χ3n) is 3.67. The van der Waals surface area contributed by atoms with Gasteiger partial charge in [-0.15, -0.1) is 0 Å². The summed E-state index contributed by atoms with van der Waals surface area (Å²) in [5.41, 5.74) is -0.687. The number of carbonyl (C=O) groups is 1. The molecule has 1 aliphatic heterocycles. The monoisotopic (exact) mass is 316 g/mol. The zero-order chi connectivity index (χ0) is 17.3. The number of hydrogen-bond donors (Lipinski definition) is 0. The first-order valence-electron chi connectivity index (χ1n) is 7.67. The summed E-state index contributed by atoms with van der Waals surface area (Å²) < 4.78 is 17.8. The van der Waals surface area contributed by atoms with Gasteiger partial charge >= 0.3 is 0 Å². The van der Waals surface area contributed by atoms with Crippen LogP contribution in [-0.4, -0.2) is 23.6 Å². The van der Waals surface area contributed by atoms with E-state index >= 15 is 0 Å². The van der Waals surface area contributed by atoms with Crippen molar-refractivity contribution in [2.75, 3.05) is 6.61 Å². The van der Waals surface area contributed by atoms with Crippen molar-refractivity contribution in [1.29, 1.82) is 0 Å². The van der Waals surface area contributed by atoms with Gasteiger partial charge in [-0.1, -0.05) is 13.2 Å². The van der Waals surface area contributed by atoms with Crippen LogP contribution in [0.3, 0.4) is 0 Å². The second-order valence-electron chi connectivity index (χ2n) is 6.61. The van der Waals surface area contributed by atoms with Crippen LogP contribution in [-0.2, 0) is 0 Å². The molecule has 0 saturated carbocycles. The number of rotatable bonds is 6. The standard InChI is InChI=1S/C19H24O4/c1-7-18(3,4)22-15-10-9-13-14(20)11-12-21-16(13)17(15)23-19(5,6)8-2/h7-10H,1-2,11-12H2,3-6H3. The van der Waals surface area contributed by atoms with Crippen LogP contribution in [0.1, 0.15) is 44.5 Å². The second kappa shape index (κ2) is 6.11. The van der Waals surface area contributed by atoms with E-state index in [4.69, 9.17) is 14.2 Å². The molecule has 0 spiro atoms. The predicted octanol–water partition coefficient (Wildman–Crippen LogP) is 4.34. The first-order valence-corrected chi connectivity index (χ1v) is 7.67. The van der Waals surface area contributed by atoms with Crippen LogP contribution in [0.15, 0.2) is 37.4 Å². The van der Waals surface area contributed by atoms with Gasteiger partial charge < -0.3 is 14.2 Å². The van der Waals surface area contributed by atoms with Crippen molar-refractivity contribution in [1.82, 2.24) is 0 Å². The van der Waals surface area contributed by atoms with Crippen LogP contribution in [0, 0.1) is 0 Å². The number of fused-ring (bicyclic) bond motifs is 1. The zero-order valence-electron chi connectivity index (χ0n) is 14.3. The Morgan fingerprint density at radius 3 is 2.30 bits per heavy atom. The molecule has 23 heavy (non-hydrogen) atoms. The third kappa shape index (κ3) is 3.76. The van der Waals surface area contributed by atoms with E-state index in [0.717, 1.165) is 0 Å². The van der Waals surface area contributed by atoms with Crippen molar-refractivity contribution in [2.24, 2.45) is 0 Å². The maximum atomic E-state index is 12.1. The fourth-order valence-corrected chi connectivity index (χ4v) is 2.09. The molecule has 1 aromatic carbocycles. The van der Waals surface area contributed by atoms with E-state index in [9.17, 15) is 4.79 Å². The number of ketones is 1. The van der Waals surface area contributed by atoms with Crippen LogP contribution in [0.5, 0.6) is 17.2 Å². The molecule has 1 aromatic rings. The van der Waals surface area contributed by atoms with E-state index in [1.165, 1.54) is 0 Å². The summed E-state index contributed by atoms with van der Waals surface area (Å²) in [5, 5.41) is 0. The van der Waals surface area contributed by atoms with Gasteiger partial charge in [0.05, 0.1) is 12.2 Å².